The van der Waals surface area contributed by atoms with E-state index in [1.165, 1.54) is 35.9 Å². The highest BCUT2D eigenvalue weighted by Crippen LogP contribution is 2.38. The van der Waals surface area contributed by atoms with Crippen molar-refractivity contribution in [2.24, 2.45) is 11.7 Å². The van der Waals surface area contributed by atoms with Crippen molar-refractivity contribution in [3.63, 3.8) is 0 Å². The molecule has 3 N–H and O–H groups in total. The van der Waals surface area contributed by atoms with Crippen LogP contribution in [0.4, 0.5) is 8.78 Å². The molecule has 6 rings (SSSR count). The third kappa shape index (κ3) is 3.54. The number of aromatic amines is 1. The number of rotatable bonds is 5. The van der Waals surface area contributed by atoms with Crippen LogP contribution in [0, 0.1) is 17.6 Å². The van der Waals surface area contributed by atoms with E-state index in [4.69, 9.17) is 10.5 Å². The van der Waals surface area contributed by atoms with Gasteiger partial charge in [-0.1, -0.05) is 0 Å². The van der Waals surface area contributed by atoms with Crippen molar-refractivity contribution in [1.29, 1.82) is 0 Å². The fraction of sp³-hybridized carbons (Fsp3) is 0.370. The van der Waals surface area contributed by atoms with Crippen LogP contribution < -0.4 is 10.5 Å². The summed E-state index contributed by atoms with van der Waals surface area (Å²) in [5.41, 5.74) is 10.6. The van der Waals surface area contributed by atoms with Crippen LogP contribution >= 0.6 is 0 Å². The number of H-pyrrole nitrogens is 1. The number of hydrogen-bond acceptors (Lipinski definition) is 3. The van der Waals surface area contributed by atoms with Gasteiger partial charge in [0.25, 0.3) is 0 Å². The first kappa shape index (κ1) is 21.2. The molecule has 1 aromatic heterocycles. The third-order valence-corrected chi connectivity index (χ3v) is 7.68. The van der Waals surface area contributed by atoms with E-state index in [1.54, 1.807) is 6.07 Å². The number of halogens is 2. The van der Waals surface area contributed by atoms with E-state index < -0.39 is 11.7 Å². The number of aryl methyl sites for hydroxylation is 1. The molecule has 3 aliphatic rings. The van der Waals surface area contributed by atoms with Crippen LogP contribution in [0.3, 0.4) is 0 Å². The van der Waals surface area contributed by atoms with Crippen molar-refractivity contribution in [3.8, 4) is 5.75 Å². The molecule has 7 heteroatoms. The Morgan fingerprint density at radius 3 is 2.79 bits per heavy atom. The number of nitrogens with two attached hydrogens (primary N) is 1. The van der Waals surface area contributed by atoms with Crippen molar-refractivity contribution in [1.82, 2.24) is 9.88 Å². The number of aromatic nitrogens is 1. The summed E-state index contributed by atoms with van der Waals surface area (Å²) in [7, 11) is 0. The van der Waals surface area contributed by atoms with Gasteiger partial charge in [0, 0.05) is 34.7 Å². The summed E-state index contributed by atoms with van der Waals surface area (Å²) in [5, 5.41) is 0.977. The van der Waals surface area contributed by atoms with Gasteiger partial charge < -0.3 is 20.4 Å². The van der Waals surface area contributed by atoms with Crippen molar-refractivity contribution in [3.05, 3.63) is 70.0 Å². The maximum absolute atomic E-state index is 14.4. The predicted octanol–water partition coefficient (Wildman–Crippen LogP) is 4.94. The monoisotopic (exact) mass is 463 g/mol. The molecule has 1 saturated carbocycles. The summed E-state index contributed by atoms with van der Waals surface area (Å²) < 4.78 is 34.1. The zero-order valence-electron chi connectivity index (χ0n) is 18.9. The molecule has 0 bridgehead atoms. The second-order valence-corrected chi connectivity index (χ2v) is 9.74. The van der Waals surface area contributed by atoms with E-state index in [0.29, 0.717) is 17.5 Å². The summed E-state index contributed by atoms with van der Waals surface area (Å²) in [5.74, 6) is -0.804. The Bertz CT molecular complexity index is 1330. The first-order valence-corrected chi connectivity index (χ1v) is 12.0. The van der Waals surface area contributed by atoms with Crippen LogP contribution in [0.1, 0.15) is 52.9 Å². The summed E-state index contributed by atoms with van der Waals surface area (Å²) in [6.45, 7) is 1.11. The molecule has 0 saturated heterocycles. The average Bonchev–Trinajstić information content (AvgIpc) is 3.14. The fourth-order valence-corrected chi connectivity index (χ4v) is 5.69. The molecular formula is C27H27F2N3O2. The molecule has 3 aromatic rings. The van der Waals surface area contributed by atoms with Gasteiger partial charge in [-0.15, -0.1) is 0 Å². The summed E-state index contributed by atoms with van der Waals surface area (Å²) in [4.78, 5) is 17.8. The van der Waals surface area contributed by atoms with Gasteiger partial charge >= 0.3 is 0 Å². The number of nitrogens with one attached hydrogen (secondary N) is 1. The molecule has 1 fully saturated rings. The molecule has 1 aliphatic heterocycles. The lowest BCUT2D eigenvalue weighted by Gasteiger charge is -2.43. The maximum Gasteiger partial charge on any atom is 0.249 e. The van der Waals surface area contributed by atoms with Crippen molar-refractivity contribution >= 4 is 22.9 Å². The van der Waals surface area contributed by atoms with E-state index in [-0.39, 0.29) is 23.7 Å². The minimum atomic E-state index is -0.598. The first-order chi connectivity index (χ1) is 16.5. The van der Waals surface area contributed by atoms with E-state index in [9.17, 15) is 13.6 Å². The van der Waals surface area contributed by atoms with Gasteiger partial charge in [-0.3, -0.25) is 4.79 Å². The third-order valence-electron chi connectivity index (χ3n) is 7.68. The molecule has 5 nitrogen and oxygen atoms in total. The fourth-order valence-electron chi connectivity index (χ4n) is 5.69. The highest BCUT2D eigenvalue weighted by Gasteiger charge is 2.33. The molecule has 2 aromatic carbocycles. The van der Waals surface area contributed by atoms with Crippen LogP contribution in [-0.4, -0.2) is 35.0 Å². The Labute approximate surface area is 196 Å². The van der Waals surface area contributed by atoms with Crippen LogP contribution in [0.2, 0.25) is 0 Å². The number of carbonyl (C=O) groups excluding carboxylic acids is 1. The zero-order valence-corrected chi connectivity index (χ0v) is 18.9. The lowest BCUT2D eigenvalue weighted by Crippen LogP contribution is -2.44. The van der Waals surface area contributed by atoms with Gasteiger partial charge in [-0.2, -0.15) is 0 Å². The Kier molecular flexibility index (Phi) is 5.08. The largest absolute Gasteiger partial charge is 0.484 e. The lowest BCUT2D eigenvalue weighted by molar-refractivity contribution is 0.0998. The molecule has 1 amide bonds. The maximum atomic E-state index is 14.4. The normalized spacial score (nSPS) is 19.6. The molecule has 0 radical (unpaired) electrons. The Balaban J connectivity index is 1.31. The summed E-state index contributed by atoms with van der Waals surface area (Å²) >= 11 is 0. The molecular weight excluding hydrogens is 436 g/mol. The molecule has 1 unspecified atom stereocenters. The van der Waals surface area contributed by atoms with E-state index >= 15 is 0 Å². The van der Waals surface area contributed by atoms with E-state index in [2.05, 4.69) is 9.88 Å². The topological polar surface area (TPSA) is 71.4 Å². The van der Waals surface area contributed by atoms with Gasteiger partial charge in [0.1, 0.15) is 12.4 Å². The second-order valence-electron chi connectivity index (χ2n) is 9.74. The predicted molar refractivity (Wildman–Crippen MR) is 127 cm³/mol. The number of carbonyl (C=O) groups is 1. The number of hydrogen-bond donors (Lipinski definition) is 2. The molecule has 176 valence electrons. The standard InChI is InChI=1S/C27H27F2N3O2/c28-16-5-9-25-21(11-16)20-10-15(4-8-24(20)31-25)13-32(17-2-1-3-17)18-12-22-19(27(30)33)6-7-23(29)26(22)34-14-18/h5-7,9,11-12,15,17,31H,1-4,8,10,13-14H2,(H2,30,33). The van der Waals surface area contributed by atoms with Crippen molar-refractivity contribution in [2.75, 3.05) is 13.2 Å². The van der Waals surface area contributed by atoms with Crippen LogP contribution in [-0.2, 0) is 12.8 Å². The number of ether oxygens (including phenoxy) is 1. The molecule has 2 heterocycles. The van der Waals surface area contributed by atoms with Gasteiger partial charge in [0.2, 0.25) is 5.91 Å². The quantitative estimate of drug-likeness (QED) is 0.563. The first-order valence-electron chi connectivity index (χ1n) is 12.0. The van der Waals surface area contributed by atoms with Crippen LogP contribution in [0.25, 0.3) is 17.0 Å². The number of primary amides is 1. The highest BCUT2D eigenvalue weighted by atomic mass is 19.1. The minimum Gasteiger partial charge on any atom is -0.484 e. The van der Waals surface area contributed by atoms with E-state index in [0.717, 1.165) is 55.2 Å². The van der Waals surface area contributed by atoms with E-state index in [1.807, 2.05) is 12.1 Å². The van der Waals surface area contributed by atoms with Gasteiger partial charge in [0.05, 0.1) is 11.3 Å². The molecule has 0 spiro atoms. The van der Waals surface area contributed by atoms with Crippen LogP contribution in [0.5, 0.6) is 5.75 Å². The lowest BCUT2D eigenvalue weighted by atomic mass is 9.84. The summed E-state index contributed by atoms with van der Waals surface area (Å²) in [6, 6.07) is 8.00. The Morgan fingerprint density at radius 2 is 2.03 bits per heavy atom. The zero-order chi connectivity index (χ0) is 23.4. The van der Waals surface area contributed by atoms with Gasteiger partial charge in [-0.05, 0) is 86.4 Å². The van der Waals surface area contributed by atoms with Crippen molar-refractivity contribution < 1.29 is 18.3 Å². The SMILES string of the molecule is NC(=O)c1ccc(F)c2c1C=C(N(CC1CCc3[nH]c4ccc(F)cc4c3C1)C1CCC1)CO2. The highest BCUT2D eigenvalue weighted by molar-refractivity contribution is 5.98. The summed E-state index contributed by atoms with van der Waals surface area (Å²) in [6.07, 6.45) is 8.13. The minimum absolute atomic E-state index is 0.0942. The van der Waals surface area contributed by atoms with Gasteiger partial charge in [-0.25, -0.2) is 8.78 Å². The second kappa shape index (κ2) is 8.15. The smallest absolute Gasteiger partial charge is 0.249 e. The molecule has 2 aliphatic carbocycles. The molecule has 34 heavy (non-hydrogen) atoms. The number of benzene rings is 2. The van der Waals surface area contributed by atoms with Gasteiger partial charge in [0.15, 0.2) is 11.6 Å². The van der Waals surface area contributed by atoms with Crippen LogP contribution in [0.15, 0.2) is 36.0 Å². The molecule has 1 atom stereocenters. The Morgan fingerprint density at radius 1 is 1.18 bits per heavy atom. The number of nitrogens with zero attached hydrogens (tertiary/aromatic N) is 1. The van der Waals surface area contributed by atoms with Crippen molar-refractivity contribution in [2.45, 2.75) is 44.6 Å². The Hall–Kier alpha value is -3.35. The number of amides is 1. The average molecular weight is 464 g/mol. The number of fused-ring (bicyclic) bond motifs is 4.